The molecule has 0 radical (unpaired) electrons. The highest BCUT2D eigenvalue weighted by Gasteiger charge is 2.22. The second-order valence-electron chi connectivity index (χ2n) is 4.78. The molecule has 1 fully saturated rings. The highest BCUT2D eigenvalue weighted by atomic mass is 16.5. The van der Waals surface area contributed by atoms with E-state index < -0.39 is 0 Å². The number of carbonyl (C=O) groups excluding carboxylic acids is 2. The average Bonchev–Trinajstić information content (AvgIpc) is 2.52. The Hall–Kier alpha value is -2.30. The van der Waals surface area contributed by atoms with Crippen LogP contribution in [0, 0.1) is 0 Å². The molecule has 2 amide bonds. The Kier molecular flexibility index (Phi) is 4.98. The first-order valence-electron chi connectivity index (χ1n) is 6.90. The molecule has 0 unspecified atom stereocenters. The summed E-state index contributed by atoms with van der Waals surface area (Å²) in [5, 5.41) is 0. The van der Waals surface area contributed by atoms with Crippen LogP contribution in [-0.2, 0) is 9.59 Å². The van der Waals surface area contributed by atoms with Crippen molar-refractivity contribution in [1.82, 2.24) is 4.90 Å². The monoisotopic (exact) mass is 289 g/mol. The van der Waals surface area contributed by atoms with Gasteiger partial charge < -0.3 is 9.47 Å². The first-order chi connectivity index (χ1) is 10.2. The zero-order chi connectivity index (χ0) is 15.2. The normalized spacial score (nSPS) is 15.3. The van der Waals surface area contributed by atoms with Crippen molar-refractivity contribution in [2.45, 2.75) is 19.3 Å². The van der Waals surface area contributed by atoms with Gasteiger partial charge in [0, 0.05) is 24.6 Å². The molecular formula is C16H19NO4. The molecule has 0 bridgehead atoms. The summed E-state index contributed by atoms with van der Waals surface area (Å²) in [5.74, 6) is 0.930. The number of amides is 2. The Balaban J connectivity index is 2.16. The second-order valence-corrected chi connectivity index (χ2v) is 4.78. The van der Waals surface area contributed by atoms with Gasteiger partial charge in [0.1, 0.15) is 11.5 Å². The maximum atomic E-state index is 12.1. The van der Waals surface area contributed by atoms with Gasteiger partial charge in [-0.05, 0) is 37.1 Å². The average molecular weight is 289 g/mol. The summed E-state index contributed by atoms with van der Waals surface area (Å²) in [6.45, 7) is 0.497. The van der Waals surface area contributed by atoms with E-state index >= 15 is 0 Å². The van der Waals surface area contributed by atoms with Crippen molar-refractivity contribution in [2.75, 3.05) is 20.8 Å². The van der Waals surface area contributed by atoms with Crippen LogP contribution in [0.5, 0.6) is 11.5 Å². The van der Waals surface area contributed by atoms with Crippen LogP contribution in [0.1, 0.15) is 24.8 Å². The van der Waals surface area contributed by atoms with Gasteiger partial charge in [-0.1, -0.05) is 0 Å². The van der Waals surface area contributed by atoms with Gasteiger partial charge in [0.15, 0.2) is 0 Å². The third kappa shape index (κ3) is 3.62. The number of rotatable bonds is 4. The SMILES string of the molecule is COc1ccc(OC)c(/C=C/C(=O)N2CCCCC2=O)c1. The van der Waals surface area contributed by atoms with E-state index in [1.54, 1.807) is 38.5 Å². The molecule has 5 heteroatoms. The maximum Gasteiger partial charge on any atom is 0.253 e. The fourth-order valence-corrected chi connectivity index (χ4v) is 2.26. The molecule has 112 valence electrons. The van der Waals surface area contributed by atoms with E-state index in [0.717, 1.165) is 18.4 Å². The van der Waals surface area contributed by atoms with Gasteiger partial charge in [-0.2, -0.15) is 0 Å². The summed E-state index contributed by atoms with van der Waals surface area (Å²) in [4.78, 5) is 25.1. The standard InChI is InChI=1S/C16H19NO4/c1-20-13-7-8-14(21-2)12(11-13)6-9-16(19)17-10-4-3-5-15(17)18/h6-9,11H,3-5,10H2,1-2H3/b9-6+. The number of likely N-dealkylation sites (tertiary alicyclic amines) is 1. The summed E-state index contributed by atoms with van der Waals surface area (Å²) in [5.41, 5.74) is 0.731. The number of nitrogens with zero attached hydrogens (tertiary/aromatic N) is 1. The lowest BCUT2D eigenvalue weighted by atomic mass is 10.1. The van der Waals surface area contributed by atoms with Crippen molar-refractivity contribution in [3.8, 4) is 11.5 Å². The molecule has 2 rings (SSSR count). The quantitative estimate of drug-likeness (QED) is 0.798. The van der Waals surface area contributed by atoms with Gasteiger partial charge in [0.2, 0.25) is 5.91 Å². The summed E-state index contributed by atoms with van der Waals surface area (Å²) in [6, 6.07) is 5.34. The van der Waals surface area contributed by atoms with Crippen molar-refractivity contribution in [1.29, 1.82) is 0 Å². The van der Waals surface area contributed by atoms with Gasteiger partial charge in [0.25, 0.3) is 5.91 Å². The van der Waals surface area contributed by atoms with E-state index in [1.165, 1.54) is 11.0 Å². The molecule has 0 spiro atoms. The molecule has 5 nitrogen and oxygen atoms in total. The molecule has 1 saturated heterocycles. The smallest absolute Gasteiger partial charge is 0.253 e. The molecule has 0 saturated carbocycles. The fraction of sp³-hybridized carbons (Fsp3) is 0.375. The topological polar surface area (TPSA) is 55.8 Å². The molecular weight excluding hydrogens is 270 g/mol. The number of benzene rings is 1. The lowest BCUT2D eigenvalue weighted by Crippen LogP contribution is -2.39. The Bertz CT molecular complexity index is 565. The van der Waals surface area contributed by atoms with Gasteiger partial charge >= 0.3 is 0 Å². The van der Waals surface area contributed by atoms with Crippen LogP contribution in [0.15, 0.2) is 24.3 Å². The van der Waals surface area contributed by atoms with Crippen LogP contribution in [0.25, 0.3) is 6.08 Å². The third-order valence-corrected chi connectivity index (χ3v) is 3.43. The molecule has 21 heavy (non-hydrogen) atoms. The summed E-state index contributed by atoms with van der Waals surface area (Å²) >= 11 is 0. The van der Waals surface area contributed by atoms with Crippen LogP contribution < -0.4 is 9.47 Å². The van der Waals surface area contributed by atoms with E-state index in [1.807, 2.05) is 0 Å². The minimum Gasteiger partial charge on any atom is -0.497 e. The molecule has 0 aromatic heterocycles. The van der Waals surface area contributed by atoms with Gasteiger partial charge in [0.05, 0.1) is 14.2 Å². The minimum atomic E-state index is -0.287. The summed E-state index contributed by atoms with van der Waals surface area (Å²) in [7, 11) is 3.14. The summed E-state index contributed by atoms with van der Waals surface area (Å²) < 4.78 is 10.4. The summed E-state index contributed by atoms with van der Waals surface area (Å²) in [6.07, 6.45) is 5.22. The maximum absolute atomic E-state index is 12.1. The molecule has 0 atom stereocenters. The van der Waals surface area contributed by atoms with E-state index in [0.29, 0.717) is 24.5 Å². The molecule has 1 aromatic carbocycles. The molecule has 0 aliphatic carbocycles. The molecule has 1 aromatic rings. The Morgan fingerprint density at radius 2 is 2.05 bits per heavy atom. The minimum absolute atomic E-state index is 0.103. The zero-order valence-electron chi connectivity index (χ0n) is 12.3. The third-order valence-electron chi connectivity index (χ3n) is 3.43. The van der Waals surface area contributed by atoms with E-state index in [4.69, 9.17) is 9.47 Å². The predicted octanol–water partition coefficient (Wildman–Crippen LogP) is 2.26. The first-order valence-corrected chi connectivity index (χ1v) is 6.90. The van der Waals surface area contributed by atoms with Crippen molar-refractivity contribution in [3.05, 3.63) is 29.8 Å². The Labute approximate surface area is 124 Å². The van der Waals surface area contributed by atoms with Crippen LogP contribution in [0.2, 0.25) is 0 Å². The van der Waals surface area contributed by atoms with Crippen LogP contribution >= 0.6 is 0 Å². The lowest BCUT2D eigenvalue weighted by molar-refractivity contribution is -0.143. The molecule has 1 heterocycles. The number of carbonyl (C=O) groups is 2. The number of imide groups is 1. The highest BCUT2D eigenvalue weighted by Crippen LogP contribution is 2.25. The number of hydrogen-bond donors (Lipinski definition) is 0. The first kappa shape index (κ1) is 15.1. The zero-order valence-corrected chi connectivity index (χ0v) is 12.3. The number of ether oxygens (including phenoxy) is 2. The number of hydrogen-bond acceptors (Lipinski definition) is 4. The largest absolute Gasteiger partial charge is 0.497 e. The van der Waals surface area contributed by atoms with E-state index in [-0.39, 0.29) is 11.8 Å². The van der Waals surface area contributed by atoms with Crippen molar-refractivity contribution >= 4 is 17.9 Å². The van der Waals surface area contributed by atoms with Gasteiger partial charge in [-0.25, -0.2) is 0 Å². The van der Waals surface area contributed by atoms with E-state index in [9.17, 15) is 9.59 Å². The van der Waals surface area contributed by atoms with Gasteiger partial charge in [-0.3, -0.25) is 14.5 Å². The molecule has 1 aliphatic rings. The number of piperidine rings is 1. The Morgan fingerprint density at radius 1 is 1.24 bits per heavy atom. The van der Waals surface area contributed by atoms with Crippen molar-refractivity contribution < 1.29 is 19.1 Å². The Morgan fingerprint density at radius 3 is 2.71 bits per heavy atom. The van der Waals surface area contributed by atoms with Crippen LogP contribution in [0.3, 0.4) is 0 Å². The molecule has 1 aliphatic heterocycles. The highest BCUT2D eigenvalue weighted by molar-refractivity contribution is 6.03. The van der Waals surface area contributed by atoms with Crippen molar-refractivity contribution in [3.63, 3.8) is 0 Å². The van der Waals surface area contributed by atoms with Crippen LogP contribution in [0.4, 0.5) is 0 Å². The van der Waals surface area contributed by atoms with Gasteiger partial charge in [-0.15, -0.1) is 0 Å². The fourth-order valence-electron chi connectivity index (χ4n) is 2.26. The lowest BCUT2D eigenvalue weighted by Gasteiger charge is -2.23. The van der Waals surface area contributed by atoms with Crippen molar-refractivity contribution in [2.24, 2.45) is 0 Å². The van der Waals surface area contributed by atoms with Crippen LogP contribution in [-0.4, -0.2) is 37.5 Å². The van der Waals surface area contributed by atoms with E-state index in [2.05, 4.69) is 0 Å². The number of methoxy groups -OCH3 is 2. The predicted molar refractivity (Wildman–Crippen MR) is 79.2 cm³/mol. The second kappa shape index (κ2) is 6.92. The molecule has 0 N–H and O–H groups in total.